The monoisotopic (exact) mass is 500 g/mol. The van der Waals surface area contributed by atoms with Gasteiger partial charge in [0.05, 0.1) is 25.1 Å². The molecular weight excluding hydrogens is 468 g/mol. The quantitative estimate of drug-likeness (QED) is 0.402. The summed E-state index contributed by atoms with van der Waals surface area (Å²) in [6.07, 6.45) is 3.65. The predicted octanol–water partition coefficient (Wildman–Crippen LogP) is 2.46. The lowest BCUT2D eigenvalue weighted by molar-refractivity contribution is -0.194. The first-order valence-corrected chi connectivity index (χ1v) is 12.2. The molecule has 0 bridgehead atoms. The molecule has 1 saturated heterocycles. The number of esters is 1. The summed E-state index contributed by atoms with van der Waals surface area (Å²) in [6.45, 7) is 4.36. The van der Waals surface area contributed by atoms with Crippen LogP contribution in [0.25, 0.3) is 10.9 Å². The minimum atomic E-state index is -1.63. The van der Waals surface area contributed by atoms with Crippen LogP contribution in [0.1, 0.15) is 62.7 Å². The first kappa shape index (κ1) is 25.8. The molecule has 0 unspecified atom stereocenters. The molecule has 1 aromatic heterocycles. The number of aromatic nitrogens is 1. The first-order chi connectivity index (χ1) is 17.1. The van der Waals surface area contributed by atoms with Crippen molar-refractivity contribution in [1.29, 1.82) is 0 Å². The van der Waals surface area contributed by atoms with Crippen LogP contribution in [-0.2, 0) is 36.1 Å². The summed E-state index contributed by atoms with van der Waals surface area (Å²) >= 11 is 0. The lowest BCUT2D eigenvalue weighted by Crippen LogP contribution is -2.60. The Morgan fingerprint density at radius 1 is 1.11 bits per heavy atom. The topological polar surface area (TPSA) is 146 Å². The number of carboxylic acid groups (broad SMARTS) is 2. The van der Waals surface area contributed by atoms with Gasteiger partial charge in [-0.25, -0.2) is 9.59 Å². The molecule has 0 amide bonds. The van der Waals surface area contributed by atoms with Crippen LogP contribution >= 0.6 is 0 Å². The van der Waals surface area contributed by atoms with E-state index in [2.05, 4.69) is 17.9 Å². The number of carboxylic acids is 2. The second kappa shape index (κ2) is 9.67. The zero-order valence-electron chi connectivity index (χ0n) is 20.5. The van der Waals surface area contributed by atoms with Gasteiger partial charge in [-0.2, -0.15) is 0 Å². The Bertz CT molecular complexity index is 1220. The number of Topliss-reactive ketones (excluding diaryl/α,β-unsaturated/α-hetero) is 1. The summed E-state index contributed by atoms with van der Waals surface area (Å²) < 4.78 is 7.01. The molecule has 36 heavy (non-hydrogen) atoms. The van der Waals surface area contributed by atoms with E-state index < -0.39 is 42.3 Å². The summed E-state index contributed by atoms with van der Waals surface area (Å²) in [7, 11) is 1.37. The Morgan fingerprint density at radius 2 is 1.83 bits per heavy atom. The number of aliphatic carboxylic acids is 2. The number of ether oxygens (including phenoxy) is 1. The molecule has 3 atom stereocenters. The van der Waals surface area contributed by atoms with Gasteiger partial charge in [0.15, 0.2) is 0 Å². The third kappa shape index (κ3) is 4.08. The molecule has 3 N–H and O–H groups in total. The minimum absolute atomic E-state index is 0.0826. The third-order valence-corrected chi connectivity index (χ3v) is 7.98. The van der Waals surface area contributed by atoms with Gasteiger partial charge in [-0.1, -0.05) is 25.1 Å². The van der Waals surface area contributed by atoms with Crippen molar-refractivity contribution >= 4 is 34.6 Å². The molecule has 10 nitrogen and oxygen atoms in total. The zero-order valence-corrected chi connectivity index (χ0v) is 20.5. The number of rotatable bonds is 6. The standard InChI is InChI=1S/C21H26N2O3.C5H6O5/c1-3-20-10-6-11-22-12-9-15-14-7-4-5-8-16(14)23(17(15)18(20)22)21(25,13-20)19(24)26-2;6-3(5(9)10)1-2-4(7)8/h4-5,7-8,18,25H,3,6,9-13H2,1-2H3;1-2H2,(H,7,8)(H,9,10)/t18-,20+,21+;/m1./s1. The molecule has 3 aliphatic heterocycles. The number of piperidine rings is 1. The Balaban J connectivity index is 0.000000261. The fraction of sp³-hybridized carbons (Fsp3) is 0.538. The summed E-state index contributed by atoms with van der Waals surface area (Å²) in [4.78, 5) is 45.1. The van der Waals surface area contributed by atoms with Crippen LogP contribution in [0.4, 0.5) is 0 Å². The fourth-order valence-electron chi connectivity index (χ4n) is 6.43. The Kier molecular flexibility index (Phi) is 6.94. The average Bonchev–Trinajstić information content (AvgIpc) is 3.22. The number of carbonyl (C=O) groups is 4. The van der Waals surface area contributed by atoms with Gasteiger partial charge in [0.2, 0.25) is 11.5 Å². The third-order valence-electron chi connectivity index (χ3n) is 7.98. The largest absolute Gasteiger partial charge is 0.481 e. The highest BCUT2D eigenvalue weighted by atomic mass is 16.5. The summed E-state index contributed by atoms with van der Waals surface area (Å²) in [6, 6.07) is 8.45. The van der Waals surface area contributed by atoms with E-state index >= 15 is 0 Å². The fourth-order valence-corrected chi connectivity index (χ4v) is 6.43. The lowest BCUT2D eigenvalue weighted by atomic mass is 9.62. The van der Waals surface area contributed by atoms with Crippen molar-refractivity contribution < 1.29 is 39.2 Å². The second-order valence-corrected chi connectivity index (χ2v) is 9.83. The molecule has 5 rings (SSSR count). The minimum Gasteiger partial charge on any atom is -0.481 e. The summed E-state index contributed by atoms with van der Waals surface area (Å²) in [5.41, 5.74) is 1.69. The van der Waals surface area contributed by atoms with Gasteiger partial charge >= 0.3 is 17.9 Å². The van der Waals surface area contributed by atoms with Crippen molar-refractivity contribution in [3.8, 4) is 0 Å². The number of ketones is 1. The average molecular weight is 501 g/mol. The highest BCUT2D eigenvalue weighted by Crippen LogP contribution is 2.60. The van der Waals surface area contributed by atoms with E-state index in [4.69, 9.17) is 14.9 Å². The lowest BCUT2D eigenvalue weighted by Gasteiger charge is -2.57. The molecule has 0 radical (unpaired) electrons. The van der Waals surface area contributed by atoms with Crippen molar-refractivity contribution in [2.45, 2.75) is 63.6 Å². The Morgan fingerprint density at radius 3 is 2.47 bits per heavy atom. The van der Waals surface area contributed by atoms with E-state index in [1.165, 1.54) is 18.1 Å². The molecule has 3 aliphatic rings. The van der Waals surface area contributed by atoms with Crippen LogP contribution in [-0.4, -0.2) is 68.7 Å². The molecule has 1 fully saturated rings. The first-order valence-electron chi connectivity index (χ1n) is 12.2. The normalized spacial score (nSPS) is 26.4. The molecule has 194 valence electrons. The van der Waals surface area contributed by atoms with Crippen LogP contribution in [0.3, 0.4) is 0 Å². The van der Waals surface area contributed by atoms with E-state index in [1.807, 2.05) is 22.8 Å². The molecule has 2 aromatic rings. The van der Waals surface area contributed by atoms with Crippen molar-refractivity contribution in [3.05, 3.63) is 35.5 Å². The zero-order chi connectivity index (χ0) is 26.3. The van der Waals surface area contributed by atoms with Gasteiger partial charge in [0, 0.05) is 30.5 Å². The van der Waals surface area contributed by atoms with E-state index in [1.54, 1.807) is 0 Å². The number of nitrogens with zero attached hydrogens (tertiary/aromatic N) is 2. The highest BCUT2D eigenvalue weighted by molar-refractivity contribution is 6.32. The maximum atomic E-state index is 12.8. The molecule has 1 aromatic carbocycles. The second-order valence-electron chi connectivity index (χ2n) is 9.83. The molecule has 10 heteroatoms. The van der Waals surface area contributed by atoms with Crippen molar-refractivity contribution in [2.24, 2.45) is 5.41 Å². The molecule has 4 heterocycles. The van der Waals surface area contributed by atoms with Gasteiger partial charge in [-0.3, -0.25) is 14.5 Å². The van der Waals surface area contributed by atoms with E-state index in [-0.39, 0.29) is 11.5 Å². The Hall–Kier alpha value is -3.24. The van der Waals surface area contributed by atoms with Crippen LogP contribution in [0.5, 0.6) is 0 Å². The maximum absolute atomic E-state index is 12.8. The van der Waals surface area contributed by atoms with Crippen molar-refractivity contribution in [2.75, 3.05) is 20.2 Å². The van der Waals surface area contributed by atoms with Crippen LogP contribution < -0.4 is 0 Å². The number of para-hydroxylation sites is 1. The number of hydrogen-bond acceptors (Lipinski definition) is 7. The van der Waals surface area contributed by atoms with Gasteiger partial charge in [-0.15, -0.1) is 0 Å². The van der Waals surface area contributed by atoms with Crippen LogP contribution in [0.2, 0.25) is 0 Å². The van der Waals surface area contributed by atoms with E-state index in [0.717, 1.165) is 50.0 Å². The van der Waals surface area contributed by atoms with Gasteiger partial charge in [-0.05, 0) is 49.3 Å². The van der Waals surface area contributed by atoms with Crippen molar-refractivity contribution in [3.63, 3.8) is 0 Å². The number of fused-ring (bicyclic) bond motifs is 3. The van der Waals surface area contributed by atoms with Gasteiger partial charge in [0.25, 0.3) is 0 Å². The molecule has 0 spiro atoms. The highest BCUT2D eigenvalue weighted by Gasteiger charge is 2.60. The maximum Gasteiger partial charge on any atom is 0.372 e. The van der Waals surface area contributed by atoms with E-state index in [9.17, 15) is 24.3 Å². The number of methoxy groups -OCH3 is 1. The predicted molar refractivity (Wildman–Crippen MR) is 128 cm³/mol. The number of carbonyl (C=O) groups excluding carboxylic acids is 2. The van der Waals surface area contributed by atoms with Crippen LogP contribution in [0, 0.1) is 5.41 Å². The van der Waals surface area contributed by atoms with E-state index in [0.29, 0.717) is 6.42 Å². The summed E-state index contributed by atoms with van der Waals surface area (Å²) in [5, 5.41) is 28.8. The number of benzene rings is 1. The summed E-state index contributed by atoms with van der Waals surface area (Å²) in [5.74, 6) is -4.37. The molecular formula is C26H32N2O8. The van der Waals surface area contributed by atoms with Crippen LogP contribution in [0.15, 0.2) is 24.3 Å². The van der Waals surface area contributed by atoms with Gasteiger partial charge < -0.3 is 24.6 Å². The number of hydrogen-bond donors (Lipinski definition) is 3. The molecule has 0 aliphatic carbocycles. The smallest absolute Gasteiger partial charge is 0.372 e. The SMILES string of the molecule is CC[C@]12CCCN3CCc4c(n(c5ccccc45)[C@@](O)(C(=O)OC)C1)[C@@H]32.O=C(O)CCC(=O)C(=O)O. The van der Waals surface area contributed by atoms with Crippen molar-refractivity contribution in [1.82, 2.24) is 9.47 Å². The van der Waals surface area contributed by atoms with Gasteiger partial charge in [0.1, 0.15) is 0 Å². The molecule has 0 saturated carbocycles. The Labute approximate surface area is 208 Å². The number of aliphatic hydroxyl groups is 1.